The molecule has 0 aliphatic carbocycles. The first kappa shape index (κ1) is 34.0. The van der Waals surface area contributed by atoms with E-state index in [0.717, 1.165) is 11.1 Å². The maximum absolute atomic E-state index is 12.0. The summed E-state index contributed by atoms with van der Waals surface area (Å²) < 4.78 is 8.01. The fourth-order valence-corrected chi connectivity index (χ4v) is 4.02. The Balaban J connectivity index is 0.000000351. The molecule has 0 fully saturated rings. The summed E-state index contributed by atoms with van der Waals surface area (Å²) in [5.41, 5.74) is 0.978. The second kappa shape index (κ2) is 16.1. The Morgan fingerprint density at radius 2 is 1.27 bits per heavy atom. The molecular formula is C23H19Br2Cl2KN4O5. The van der Waals surface area contributed by atoms with E-state index in [4.69, 9.17) is 27.9 Å². The largest absolute Gasteiger partial charge is 1.00 e. The van der Waals surface area contributed by atoms with Gasteiger partial charge in [0.1, 0.15) is 8.95 Å². The minimum atomic E-state index is -0.398. The number of aromatic hydroxyl groups is 1. The third kappa shape index (κ3) is 8.99. The second-order valence-electron chi connectivity index (χ2n) is 6.98. The summed E-state index contributed by atoms with van der Waals surface area (Å²) in [5.74, 6) is 0.237. The molecule has 2 aromatic carbocycles. The van der Waals surface area contributed by atoms with Crippen LogP contribution in [0.15, 0.2) is 79.5 Å². The third-order valence-electron chi connectivity index (χ3n) is 4.70. The summed E-state index contributed by atoms with van der Waals surface area (Å²) in [7, 11) is 1.49. The zero-order chi connectivity index (χ0) is 25.5. The number of nitrogens with zero attached hydrogens (tertiary/aromatic N) is 4. The molecule has 37 heavy (non-hydrogen) atoms. The fraction of sp³-hybridized carbons (Fsp3) is 0.130. The van der Waals surface area contributed by atoms with Gasteiger partial charge in [0.25, 0.3) is 11.1 Å². The van der Waals surface area contributed by atoms with Crippen LogP contribution in [0.2, 0.25) is 10.0 Å². The van der Waals surface area contributed by atoms with E-state index in [1.54, 1.807) is 12.1 Å². The molecular weight excluding hydrogens is 682 g/mol. The van der Waals surface area contributed by atoms with Crippen molar-refractivity contribution in [2.24, 2.45) is 0 Å². The molecule has 0 spiro atoms. The molecule has 0 atom stereocenters. The maximum atomic E-state index is 12.0. The van der Waals surface area contributed by atoms with Gasteiger partial charge in [0.05, 0.1) is 32.6 Å². The van der Waals surface area contributed by atoms with Crippen molar-refractivity contribution in [2.45, 2.75) is 13.1 Å². The van der Waals surface area contributed by atoms with Crippen molar-refractivity contribution in [3.8, 4) is 11.5 Å². The number of hydrogen-bond acceptors (Lipinski definition) is 7. The number of methoxy groups -OCH3 is 1. The molecule has 0 saturated heterocycles. The SMILES string of the molecule is COc1cnn(Cc2ccccc2Cl)c(=O)c1Br.O=c1c(Br)c(O)cnn1Cc1ccccc1Cl.[K+].[OH-]. The van der Waals surface area contributed by atoms with E-state index in [-0.39, 0.29) is 79.2 Å². The zero-order valence-electron chi connectivity index (χ0n) is 19.6. The smallest absolute Gasteiger partial charge is 0.870 e. The van der Waals surface area contributed by atoms with Crippen LogP contribution in [0.25, 0.3) is 0 Å². The Labute approximate surface area is 281 Å². The first-order valence-electron chi connectivity index (χ1n) is 9.94. The van der Waals surface area contributed by atoms with Crippen LogP contribution in [0.3, 0.4) is 0 Å². The van der Waals surface area contributed by atoms with Crippen LogP contribution in [0, 0.1) is 0 Å². The first-order chi connectivity index (χ1) is 16.7. The summed E-state index contributed by atoms with van der Waals surface area (Å²) in [6.45, 7) is 0.582. The Hall–Kier alpha value is -1.06. The van der Waals surface area contributed by atoms with Gasteiger partial charge in [-0.3, -0.25) is 9.59 Å². The molecule has 0 aliphatic rings. The van der Waals surface area contributed by atoms with E-state index in [1.165, 1.54) is 28.9 Å². The number of halogens is 4. The van der Waals surface area contributed by atoms with Gasteiger partial charge in [-0.25, -0.2) is 9.36 Å². The topological polar surface area (TPSA) is 129 Å². The molecule has 2 heterocycles. The van der Waals surface area contributed by atoms with Crippen LogP contribution in [-0.4, -0.2) is 37.3 Å². The Morgan fingerprint density at radius 3 is 1.73 bits per heavy atom. The predicted molar refractivity (Wildman–Crippen MR) is 144 cm³/mol. The van der Waals surface area contributed by atoms with E-state index >= 15 is 0 Å². The molecule has 4 rings (SSSR count). The van der Waals surface area contributed by atoms with Gasteiger partial charge in [-0.2, -0.15) is 10.2 Å². The summed E-state index contributed by atoms with van der Waals surface area (Å²) in [4.78, 5) is 23.8. The molecule has 14 heteroatoms. The van der Waals surface area contributed by atoms with Crippen molar-refractivity contribution in [1.29, 1.82) is 0 Å². The average Bonchev–Trinajstić information content (AvgIpc) is 2.85. The van der Waals surface area contributed by atoms with Crippen LogP contribution in [-0.2, 0) is 13.1 Å². The van der Waals surface area contributed by atoms with E-state index in [1.807, 2.05) is 36.4 Å². The van der Waals surface area contributed by atoms with Crippen molar-refractivity contribution in [2.75, 3.05) is 7.11 Å². The molecule has 190 valence electrons. The van der Waals surface area contributed by atoms with Crippen LogP contribution in [0.4, 0.5) is 0 Å². The van der Waals surface area contributed by atoms with Gasteiger partial charge in [-0.05, 0) is 55.1 Å². The molecule has 0 bridgehead atoms. The molecule has 2 N–H and O–H groups in total. The number of hydrogen-bond donors (Lipinski definition) is 1. The minimum Gasteiger partial charge on any atom is -0.870 e. The zero-order valence-corrected chi connectivity index (χ0v) is 27.4. The Bertz CT molecular complexity index is 1470. The van der Waals surface area contributed by atoms with Gasteiger partial charge in [-0.15, -0.1) is 0 Å². The first-order valence-corrected chi connectivity index (χ1v) is 12.3. The number of benzene rings is 2. The quantitative estimate of drug-likeness (QED) is 0.315. The van der Waals surface area contributed by atoms with Gasteiger partial charge in [0.2, 0.25) is 0 Å². The number of rotatable bonds is 5. The molecule has 0 unspecified atom stereocenters. The number of aromatic nitrogens is 4. The minimum absolute atomic E-state index is 0. The monoisotopic (exact) mass is 698 g/mol. The molecule has 0 saturated carbocycles. The second-order valence-corrected chi connectivity index (χ2v) is 9.38. The summed E-state index contributed by atoms with van der Waals surface area (Å²) in [6.07, 6.45) is 2.70. The van der Waals surface area contributed by atoms with Crippen molar-refractivity contribution in [1.82, 2.24) is 19.6 Å². The third-order valence-corrected chi connectivity index (χ3v) is 6.91. The van der Waals surface area contributed by atoms with Crippen molar-refractivity contribution in [3.63, 3.8) is 0 Å². The predicted octanol–water partition coefficient (Wildman–Crippen LogP) is 1.96. The molecule has 4 aromatic rings. The number of ether oxygens (including phenoxy) is 1. The Morgan fingerprint density at radius 1 is 0.838 bits per heavy atom. The molecule has 2 aromatic heterocycles. The van der Waals surface area contributed by atoms with Crippen LogP contribution < -0.4 is 67.2 Å². The molecule has 0 radical (unpaired) electrons. The summed E-state index contributed by atoms with van der Waals surface area (Å²) in [6, 6.07) is 14.6. The summed E-state index contributed by atoms with van der Waals surface area (Å²) >= 11 is 18.2. The van der Waals surface area contributed by atoms with E-state index in [9.17, 15) is 14.7 Å². The van der Waals surface area contributed by atoms with E-state index in [2.05, 4.69) is 42.1 Å². The Kier molecular flexibility index (Phi) is 14.8. The van der Waals surface area contributed by atoms with Crippen molar-refractivity contribution in [3.05, 3.63) is 112 Å². The van der Waals surface area contributed by atoms with E-state index < -0.39 is 5.56 Å². The van der Waals surface area contributed by atoms with Gasteiger partial charge in [-0.1, -0.05) is 59.6 Å². The average molecular weight is 701 g/mol. The van der Waals surface area contributed by atoms with Crippen LogP contribution in [0.1, 0.15) is 11.1 Å². The summed E-state index contributed by atoms with van der Waals surface area (Å²) in [5, 5.41) is 18.4. The van der Waals surface area contributed by atoms with E-state index in [0.29, 0.717) is 26.8 Å². The molecule has 9 nitrogen and oxygen atoms in total. The van der Waals surface area contributed by atoms with Crippen LogP contribution in [0.5, 0.6) is 11.5 Å². The van der Waals surface area contributed by atoms with Gasteiger partial charge in [0.15, 0.2) is 11.5 Å². The fourth-order valence-electron chi connectivity index (χ4n) is 2.85. The molecule has 0 amide bonds. The van der Waals surface area contributed by atoms with Gasteiger partial charge < -0.3 is 15.3 Å². The standard InChI is InChI=1S/C12H10BrClN2O2.C11H8BrClN2O2.K.H2O/c1-18-10-6-15-16(12(17)11(10)13)7-8-4-2-3-5-9(8)14;12-10-9(16)5-14-15(11(10)17)6-7-3-1-2-4-8(7)13;;/h2-6H,7H2,1H3;1-5,16H,6H2;;1H2/q;;+1;/p-1. The van der Waals surface area contributed by atoms with Gasteiger partial charge >= 0.3 is 51.4 Å². The molecule has 0 aliphatic heterocycles. The van der Waals surface area contributed by atoms with Gasteiger partial charge in [0, 0.05) is 10.0 Å². The maximum Gasteiger partial charge on any atom is 1.00 e. The van der Waals surface area contributed by atoms with Crippen LogP contribution >= 0.6 is 55.1 Å². The van der Waals surface area contributed by atoms with Crippen molar-refractivity contribution >= 4 is 55.1 Å². The normalized spacial score (nSPS) is 9.86. The van der Waals surface area contributed by atoms with Crippen molar-refractivity contribution < 1.29 is 66.7 Å².